The van der Waals surface area contributed by atoms with Gasteiger partial charge in [0.05, 0.1) is 5.75 Å². The van der Waals surface area contributed by atoms with Crippen LogP contribution in [0.2, 0.25) is 0 Å². The van der Waals surface area contributed by atoms with Crippen molar-refractivity contribution in [3.8, 4) is 0 Å². The van der Waals surface area contributed by atoms with Crippen LogP contribution in [0.3, 0.4) is 0 Å². The fourth-order valence-electron chi connectivity index (χ4n) is 3.13. The maximum Gasteiger partial charge on any atom is 0.218 e. The first kappa shape index (κ1) is 17.8. The summed E-state index contributed by atoms with van der Waals surface area (Å²) < 4.78 is 39.7. The molecule has 0 bridgehead atoms. The van der Waals surface area contributed by atoms with Crippen LogP contribution in [0.4, 0.5) is 4.39 Å². The summed E-state index contributed by atoms with van der Waals surface area (Å²) in [5, 5.41) is 0. The van der Waals surface area contributed by atoms with E-state index in [1.165, 1.54) is 28.6 Å². The number of benzene rings is 2. The van der Waals surface area contributed by atoms with Crippen molar-refractivity contribution in [3.63, 3.8) is 0 Å². The lowest BCUT2D eigenvalue weighted by atomic mass is 9.91. The molecule has 0 radical (unpaired) electrons. The molecule has 1 heterocycles. The Kier molecular flexibility index (Phi) is 5.30. The molecule has 25 heavy (non-hydrogen) atoms. The number of Topliss-reactive ketones (excluding diaryl/α,β-unsaturated/α-hetero) is 1. The molecule has 4 nitrogen and oxygen atoms in total. The molecule has 0 aromatic heterocycles. The lowest BCUT2D eigenvalue weighted by molar-refractivity contribution is 0.0872. The summed E-state index contributed by atoms with van der Waals surface area (Å²) in [7, 11) is -3.54. The molecule has 1 aliphatic rings. The van der Waals surface area contributed by atoms with Crippen molar-refractivity contribution in [2.45, 2.75) is 18.6 Å². The fraction of sp³-hybridized carbons (Fsp3) is 0.316. The lowest BCUT2D eigenvalue weighted by Crippen LogP contribution is -2.42. The molecule has 6 heteroatoms. The minimum Gasteiger partial charge on any atom is -0.294 e. The number of carbonyl (C=O) groups excluding carboxylic acids is 1. The van der Waals surface area contributed by atoms with Crippen LogP contribution in [-0.2, 0) is 15.8 Å². The third-order valence-electron chi connectivity index (χ3n) is 4.47. The van der Waals surface area contributed by atoms with Crippen molar-refractivity contribution in [2.75, 3.05) is 13.1 Å². The van der Waals surface area contributed by atoms with Crippen LogP contribution in [0.25, 0.3) is 0 Å². The molecule has 3 rings (SSSR count). The average molecular weight is 361 g/mol. The molecule has 1 atom stereocenters. The third-order valence-corrected chi connectivity index (χ3v) is 6.29. The summed E-state index contributed by atoms with van der Waals surface area (Å²) in [6, 6.07) is 14.4. The first-order valence-corrected chi connectivity index (χ1v) is 9.88. The van der Waals surface area contributed by atoms with Gasteiger partial charge >= 0.3 is 0 Å². The molecule has 0 N–H and O–H groups in total. The normalized spacial score (nSPS) is 18.8. The van der Waals surface area contributed by atoms with Gasteiger partial charge in [0.15, 0.2) is 5.78 Å². The Morgan fingerprint density at radius 1 is 1.08 bits per heavy atom. The largest absolute Gasteiger partial charge is 0.294 e. The molecule has 1 unspecified atom stereocenters. The lowest BCUT2D eigenvalue weighted by Gasteiger charge is -2.31. The van der Waals surface area contributed by atoms with E-state index >= 15 is 0 Å². The van der Waals surface area contributed by atoms with Crippen molar-refractivity contribution in [2.24, 2.45) is 5.92 Å². The molecule has 2 aromatic rings. The fourth-order valence-corrected chi connectivity index (χ4v) is 4.74. The van der Waals surface area contributed by atoms with Crippen LogP contribution in [0.5, 0.6) is 0 Å². The van der Waals surface area contributed by atoms with E-state index in [9.17, 15) is 17.6 Å². The van der Waals surface area contributed by atoms with Gasteiger partial charge in [0.1, 0.15) is 5.82 Å². The Labute approximate surface area is 147 Å². The first-order valence-electron chi connectivity index (χ1n) is 8.27. The summed E-state index contributed by atoms with van der Waals surface area (Å²) in [6.07, 6.45) is 1.35. The first-order chi connectivity index (χ1) is 12.0. The Bertz CT molecular complexity index is 835. The van der Waals surface area contributed by atoms with Gasteiger partial charge in [-0.25, -0.2) is 17.1 Å². The maximum absolute atomic E-state index is 13.0. The maximum atomic E-state index is 13.0. The minimum atomic E-state index is -3.54. The van der Waals surface area contributed by atoms with Crippen molar-refractivity contribution >= 4 is 15.8 Å². The summed E-state index contributed by atoms with van der Waals surface area (Å²) in [4.78, 5) is 12.6. The van der Waals surface area contributed by atoms with Gasteiger partial charge in [-0.1, -0.05) is 42.5 Å². The number of sulfonamides is 1. The summed E-state index contributed by atoms with van der Waals surface area (Å²) >= 11 is 0. The zero-order valence-electron chi connectivity index (χ0n) is 13.8. The smallest absolute Gasteiger partial charge is 0.218 e. The zero-order valence-corrected chi connectivity index (χ0v) is 14.6. The van der Waals surface area contributed by atoms with E-state index in [-0.39, 0.29) is 24.0 Å². The van der Waals surface area contributed by atoms with Gasteiger partial charge in [-0.2, -0.15) is 0 Å². The molecule has 0 amide bonds. The Hall–Kier alpha value is -2.05. The molecule has 1 fully saturated rings. The van der Waals surface area contributed by atoms with E-state index in [0.29, 0.717) is 30.5 Å². The standard InChI is InChI=1S/C19H20FNO3S/c20-18-10-8-15(9-11-18)14-25(23,24)21-12-4-7-17(13-21)19(22)16-5-2-1-3-6-16/h1-3,5-6,8-11,17H,4,7,12-14H2. The van der Waals surface area contributed by atoms with Crippen molar-refractivity contribution < 1.29 is 17.6 Å². The highest BCUT2D eigenvalue weighted by Gasteiger charge is 2.32. The summed E-state index contributed by atoms with van der Waals surface area (Å²) in [5.74, 6) is -0.909. The van der Waals surface area contributed by atoms with E-state index in [2.05, 4.69) is 0 Å². The molecule has 0 aliphatic carbocycles. The topological polar surface area (TPSA) is 54.5 Å². The van der Waals surface area contributed by atoms with Crippen molar-refractivity contribution in [3.05, 3.63) is 71.5 Å². The van der Waals surface area contributed by atoms with Gasteiger partial charge in [-0.05, 0) is 30.5 Å². The second-order valence-corrected chi connectivity index (χ2v) is 8.28. The molecule has 132 valence electrons. The van der Waals surface area contributed by atoms with Crippen LogP contribution in [0.15, 0.2) is 54.6 Å². The van der Waals surface area contributed by atoms with Gasteiger partial charge in [-0.15, -0.1) is 0 Å². The van der Waals surface area contributed by atoms with E-state index in [4.69, 9.17) is 0 Å². The predicted molar refractivity (Wildman–Crippen MR) is 94.1 cm³/mol. The van der Waals surface area contributed by atoms with Crippen LogP contribution in [-0.4, -0.2) is 31.6 Å². The second-order valence-electron chi connectivity index (χ2n) is 6.31. The van der Waals surface area contributed by atoms with E-state index in [1.54, 1.807) is 24.3 Å². The van der Waals surface area contributed by atoms with Crippen LogP contribution in [0.1, 0.15) is 28.8 Å². The van der Waals surface area contributed by atoms with Crippen LogP contribution < -0.4 is 0 Å². The Morgan fingerprint density at radius 3 is 2.44 bits per heavy atom. The molecule has 2 aromatic carbocycles. The number of halogens is 1. The van der Waals surface area contributed by atoms with Crippen molar-refractivity contribution in [1.29, 1.82) is 0 Å². The van der Waals surface area contributed by atoms with E-state index < -0.39 is 15.8 Å². The number of piperidine rings is 1. The summed E-state index contributed by atoms with van der Waals surface area (Å²) in [5.41, 5.74) is 1.16. The molecule has 0 spiro atoms. The van der Waals surface area contributed by atoms with Crippen LogP contribution in [0, 0.1) is 11.7 Å². The molecule has 1 saturated heterocycles. The summed E-state index contributed by atoms with van der Waals surface area (Å²) in [6.45, 7) is 0.624. The highest BCUT2D eigenvalue weighted by molar-refractivity contribution is 7.88. The monoisotopic (exact) mass is 361 g/mol. The molecule has 0 saturated carbocycles. The SMILES string of the molecule is O=C(c1ccccc1)C1CCCN(S(=O)(=O)Cc2ccc(F)cc2)C1. The third kappa shape index (κ3) is 4.32. The molecule has 1 aliphatic heterocycles. The van der Waals surface area contributed by atoms with Gasteiger partial charge in [0.2, 0.25) is 10.0 Å². The van der Waals surface area contributed by atoms with Gasteiger partial charge < -0.3 is 0 Å². The van der Waals surface area contributed by atoms with Gasteiger partial charge in [0.25, 0.3) is 0 Å². The van der Waals surface area contributed by atoms with Crippen LogP contribution >= 0.6 is 0 Å². The minimum absolute atomic E-state index is 0.0118. The quantitative estimate of drug-likeness (QED) is 0.768. The Balaban J connectivity index is 1.71. The number of hydrogen-bond donors (Lipinski definition) is 0. The van der Waals surface area contributed by atoms with E-state index in [1.807, 2.05) is 6.07 Å². The number of ketones is 1. The van der Waals surface area contributed by atoms with Gasteiger partial charge in [0, 0.05) is 24.6 Å². The number of hydrogen-bond acceptors (Lipinski definition) is 3. The number of rotatable bonds is 5. The highest BCUT2D eigenvalue weighted by Crippen LogP contribution is 2.24. The second kappa shape index (κ2) is 7.45. The zero-order chi connectivity index (χ0) is 17.9. The van der Waals surface area contributed by atoms with Crippen molar-refractivity contribution in [1.82, 2.24) is 4.31 Å². The molecular weight excluding hydrogens is 341 g/mol. The highest BCUT2D eigenvalue weighted by atomic mass is 32.2. The van der Waals surface area contributed by atoms with E-state index in [0.717, 1.165) is 0 Å². The molecular formula is C19H20FNO3S. The average Bonchev–Trinajstić information content (AvgIpc) is 2.64. The predicted octanol–water partition coefficient (Wildman–Crippen LogP) is 3.25. The van der Waals surface area contributed by atoms with Gasteiger partial charge in [-0.3, -0.25) is 4.79 Å². The number of carbonyl (C=O) groups is 1. The Morgan fingerprint density at radius 2 is 1.76 bits per heavy atom. The number of nitrogens with zero attached hydrogens (tertiary/aromatic N) is 1.